The van der Waals surface area contributed by atoms with Crippen LogP contribution < -0.4 is 10.7 Å². The van der Waals surface area contributed by atoms with Crippen molar-refractivity contribution in [3.63, 3.8) is 0 Å². The van der Waals surface area contributed by atoms with Crippen molar-refractivity contribution in [1.82, 2.24) is 20.7 Å². The standard InChI is InChI=1S/C10H18N4OS/c1-9(2)6-10(3)12-13(4)7(15)5-14(10)8(16)11-9/h12H,5-6H2,1-4H3,(H,11,16)/t10-/m0/s1. The highest BCUT2D eigenvalue weighted by molar-refractivity contribution is 7.80. The largest absolute Gasteiger partial charge is 0.357 e. The van der Waals surface area contributed by atoms with Gasteiger partial charge in [-0.1, -0.05) is 0 Å². The molecule has 2 saturated heterocycles. The number of likely N-dealkylation sites (N-methyl/N-ethyl adjacent to an activating group) is 1. The summed E-state index contributed by atoms with van der Waals surface area (Å²) in [6.07, 6.45) is 0.873. The molecule has 1 amide bonds. The normalized spacial score (nSPS) is 33.5. The molecule has 0 unspecified atom stereocenters. The first kappa shape index (κ1) is 11.6. The number of rotatable bonds is 0. The lowest BCUT2D eigenvalue weighted by Gasteiger charge is -2.56. The third kappa shape index (κ3) is 1.76. The maximum Gasteiger partial charge on any atom is 0.256 e. The lowest BCUT2D eigenvalue weighted by molar-refractivity contribution is -0.148. The fourth-order valence-corrected chi connectivity index (χ4v) is 3.13. The van der Waals surface area contributed by atoms with Crippen LogP contribution >= 0.6 is 12.2 Å². The Kier molecular flexibility index (Phi) is 2.40. The van der Waals surface area contributed by atoms with E-state index in [0.29, 0.717) is 11.7 Å². The van der Waals surface area contributed by atoms with E-state index >= 15 is 0 Å². The average Bonchev–Trinajstić information content (AvgIpc) is 2.06. The summed E-state index contributed by atoms with van der Waals surface area (Å²) in [5.41, 5.74) is 2.87. The van der Waals surface area contributed by atoms with E-state index in [0.717, 1.165) is 6.42 Å². The summed E-state index contributed by atoms with van der Waals surface area (Å²) in [7, 11) is 1.75. The highest BCUT2D eigenvalue weighted by Crippen LogP contribution is 2.31. The highest BCUT2D eigenvalue weighted by Gasteiger charge is 2.48. The zero-order valence-electron chi connectivity index (χ0n) is 10.1. The fourth-order valence-electron chi connectivity index (χ4n) is 2.59. The first-order chi connectivity index (χ1) is 7.23. The molecule has 90 valence electrons. The molecule has 2 aliphatic rings. The number of nitrogens with zero attached hydrogens (tertiary/aromatic N) is 2. The Balaban J connectivity index is 2.30. The summed E-state index contributed by atoms with van der Waals surface area (Å²) in [5.74, 6) is 0.0290. The van der Waals surface area contributed by atoms with Crippen LogP contribution in [0.2, 0.25) is 0 Å². The number of nitrogens with one attached hydrogen (secondary N) is 2. The van der Waals surface area contributed by atoms with Crippen LogP contribution in [-0.2, 0) is 4.79 Å². The third-order valence-corrected chi connectivity index (χ3v) is 3.47. The Bertz CT molecular complexity index is 357. The van der Waals surface area contributed by atoms with E-state index in [4.69, 9.17) is 12.2 Å². The molecule has 2 fully saturated rings. The van der Waals surface area contributed by atoms with E-state index in [1.54, 1.807) is 12.1 Å². The van der Waals surface area contributed by atoms with Crippen molar-refractivity contribution in [2.75, 3.05) is 13.6 Å². The molecular formula is C10H18N4OS. The number of carbonyl (C=O) groups excluding carboxylic acids is 1. The molecular weight excluding hydrogens is 224 g/mol. The predicted molar refractivity (Wildman–Crippen MR) is 65.4 cm³/mol. The van der Waals surface area contributed by atoms with Gasteiger partial charge in [-0.05, 0) is 33.0 Å². The maximum atomic E-state index is 11.6. The van der Waals surface area contributed by atoms with Crippen LogP contribution in [0.1, 0.15) is 27.2 Å². The molecule has 0 aromatic heterocycles. The first-order valence-corrected chi connectivity index (χ1v) is 5.79. The number of carbonyl (C=O) groups is 1. The van der Waals surface area contributed by atoms with Gasteiger partial charge in [0.1, 0.15) is 12.2 Å². The molecule has 2 heterocycles. The molecule has 2 aliphatic heterocycles. The van der Waals surface area contributed by atoms with Crippen molar-refractivity contribution in [2.24, 2.45) is 0 Å². The molecule has 0 aliphatic carbocycles. The van der Waals surface area contributed by atoms with E-state index in [-0.39, 0.29) is 17.1 Å². The second-order valence-electron chi connectivity index (χ2n) is 5.42. The molecule has 1 atom stereocenters. The van der Waals surface area contributed by atoms with Crippen molar-refractivity contribution in [2.45, 2.75) is 38.4 Å². The summed E-state index contributed by atoms with van der Waals surface area (Å²) in [5, 5.41) is 5.46. The molecule has 2 rings (SSSR count). The minimum atomic E-state index is -0.283. The Morgan fingerprint density at radius 2 is 2.00 bits per heavy atom. The van der Waals surface area contributed by atoms with Crippen LogP contribution in [-0.4, -0.2) is 45.7 Å². The van der Waals surface area contributed by atoms with E-state index in [9.17, 15) is 4.79 Å². The summed E-state index contributed by atoms with van der Waals surface area (Å²) >= 11 is 5.32. The molecule has 6 heteroatoms. The Morgan fingerprint density at radius 3 is 2.62 bits per heavy atom. The van der Waals surface area contributed by atoms with Crippen LogP contribution in [0, 0.1) is 0 Å². The number of hydrogen-bond acceptors (Lipinski definition) is 3. The fraction of sp³-hybridized carbons (Fsp3) is 0.800. The molecule has 2 N–H and O–H groups in total. The molecule has 0 bridgehead atoms. The Morgan fingerprint density at radius 1 is 1.38 bits per heavy atom. The van der Waals surface area contributed by atoms with Crippen LogP contribution in [0.15, 0.2) is 0 Å². The zero-order chi connectivity index (χ0) is 12.1. The van der Waals surface area contributed by atoms with Crippen LogP contribution in [0.3, 0.4) is 0 Å². The van der Waals surface area contributed by atoms with Gasteiger partial charge in [-0.2, -0.15) is 0 Å². The van der Waals surface area contributed by atoms with Gasteiger partial charge in [0, 0.05) is 19.0 Å². The van der Waals surface area contributed by atoms with Gasteiger partial charge in [0.2, 0.25) is 0 Å². The first-order valence-electron chi connectivity index (χ1n) is 5.38. The second-order valence-corrected chi connectivity index (χ2v) is 5.80. The van der Waals surface area contributed by atoms with Crippen molar-refractivity contribution >= 4 is 23.2 Å². The minimum Gasteiger partial charge on any atom is -0.357 e. The Labute approximate surface area is 101 Å². The number of thiocarbonyl (C=S) groups is 1. The van der Waals surface area contributed by atoms with Crippen LogP contribution in [0.25, 0.3) is 0 Å². The van der Waals surface area contributed by atoms with Gasteiger partial charge < -0.3 is 10.2 Å². The van der Waals surface area contributed by atoms with E-state index < -0.39 is 0 Å². The van der Waals surface area contributed by atoms with Gasteiger partial charge in [0.15, 0.2) is 5.11 Å². The molecule has 0 saturated carbocycles. The second kappa shape index (κ2) is 3.30. The smallest absolute Gasteiger partial charge is 0.256 e. The summed E-state index contributed by atoms with van der Waals surface area (Å²) in [6, 6.07) is 0. The minimum absolute atomic E-state index is 0.0290. The van der Waals surface area contributed by atoms with Gasteiger partial charge in [0.25, 0.3) is 5.91 Å². The van der Waals surface area contributed by atoms with Crippen LogP contribution in [0.4, 0.5) is 0 Å². The summed E-state index contributed by atoms with van der Waals surface area (Å²) < 4.78 is 0. The predicted octanol–water partition coefficient (Wildman–Crippen LogP) is 0.0380. The maximum absolute atomic E-state index is 11.6. The number of amides is 1. The topological polar surface area (TPSA) is 47.6 Å². The highest BCUT2D eigenvalue weighted by atomic mass is 32.1. The molecule has 5 nitrogen and oxygen atoms in total. The van der Waals surface area contributed by atoms with Gasteiger partial charge in [0.05, 0.1) is 0 Å². The quantitative estimate of drug-likeness (QED) is 0.587. The summed E-state index contributed by atoms with van der Waals surface area (Å²) in [4.78, 5) is 13.6. The number of hydrogen-bond donors (Lipinski definition) is 2. The molecule has 0 aromatic rings. The van der Waals surface area contributed by atoms with E-state index in [1.807, 2.05) is 4.90 Å². The summed E-state index contributed by atoms with van der Waals surface area (Å²) in [6.45, 7) is 6.63. The average molecular weight is 242 g/mol. The van der Waals surface area contributed by atoms with Crippen molar-refractivity contribution in [3.05, 3.63) is 0 Å². The zero-order valence-corrected chi connectivity index (χ0v) is 10.9. The van der Waals surface area contributed by atoms with Gasteiger partial charge in [-0.25, -0.2) is 5.43 Å². The van der Waals surface area contributed by atoms with Crippen molar-refractivity contribution in [1.29, 1.82) is 0 Å². The van der Waals surface area contributed by atoms with Gasteiger partial charge in [-0.3, -0.25) is 9.80 Å². The third-order valence-electron chi connectivity index (χ3n) is 3.15. The lowest BCUT2D eigenvalue weighted by atomic mass is 9.88. The monoisotopic (exact) mass is 242 g/mol. The SMILES string of the molecule is CN1N[C@]2(C)CC(C)(C)NC(=S)N2CC1=O. The van der Waals surface area contributed by atoms with E-state index in [2.05, 4.69) is 31.5 Å². The Hall–Kier alpha value is -0.880. The molecule has 0 radical (unpaired) electrons. The lowest BCUT2D eigenvalue weighted by Crippen LogP contribution is -2.77. The van der Waals surface area contributed by atoms with Gasteiger partial charge in [-0.15, -0.1) is 0 Å². The van der Waals surface area contributed by atoms with Crippen molar-refractivity contribution in [3.8, 4) is 0 Å². The van der Waals surface area contributed by atoms with Gasteiger partial charge >= 0.3 is 0 Å². The number of hydrazine groups is 1. The molecule has 16 heavy (non-hydrogen) atoms. The number of fused-ring (bicyclic) bond motifs is 1. The molecule has 0 spiro atoms. The van der Waals surface area contributed by atoms with Crippen molar-refractivity contribution < 1.29 is 4.79 Å². The molecule has 0 aromatic carbocycles. The van der Waals surface area contributed by atoms with Crippen LogP contribution in [0.5, 0.6) is 0 Å². The van der Waals surface area contributed by atoms with E-state index in [1.165, 1.54) is 0 Å².